The number of hydrogen-bond donors (Lipinski definition) is 1. The fourth-order valence-electron chi connectivity index (χ4n) is 4.64. The summed E-state index contributed by atoms with van der Waals surface area (Å²) in [6, 6.07) is 19.0. The van der Waals surface area contributed by atoms with Crippen molar-refractivity contribution in [2.24, 2.45) is 4.99 Å². The van der Waals surface area contributed by atoms with E-state index in [0.717, 1.165) is 5.56 Å². The number of nitrogens with one attached hydrogen (secondary N) is 1. The molecule has 1 aliphatic heterocycles. The molecule has 0 bridgehead atoms. The van der Waals surface area contributed by atoms with Gasteiger partial charge in [-0.15, -0.1) is 18.3 Å². The van der Waals surface area contributed by atoms with Crippen LogP contribution in [0.2, 0.25) is 0 Å². The summed E-state index contributed by atoms with van der Waals surface area (Å²) in [5.41, 5.74) is 4.55. The lowest BCUT2D eigenvalue weighted by molar-refractivity contribution is -0.274. The Kier molecular flexibility index (Phi) is 7.89. The van der Waals surface area contributed by atoms with Crippen molar-refractivity contribution in [3.05, 3.63) is 96.5 Å². The number of ether oxygens (including phenoxy) is 1. The van der Waals surface area contributed by atoms with Crippen molar-refractivity contribution < 1.29 is 31.9 Å². The number of rotatable bonds is 6. The largest absolute Gasteiger partial charge is 0.573 e. The zero-order valence-electron chi connectivity index (χ0n) is 23.7. The minimum absolute atomic E-state index is 0.135. The van der Waals surface area contributed by atoms with Crippen LogP contribution in [-0.2, 0) is 4.79 Å². The maximum Gasteiger partial charge on any atom is 0.573 e. The highest BCUT2D eigenvalue weighted by atomic mass is 32.2. The topological polar surface area (TPSA) is 115 Å². The number of carbonyl (C=O) groups is 2. The maximum atomic E-state index is 13.0. The average molecular weight is 633 g/mol. The van der Waals surface area contributed by atoms with Gasteiger partial charge in [0, 0.05) is 16.8 Å². The van der Waals surface area contributed by atoms with Crippen molar-refractivity contribution in [2.75, 3.05) is 16.0 Å². The van der Waals surface area contributed by atoms with Gasteiger partial charge in [-0.3, -0.25) is 9.69 Å². The quantitative estimate of drug-likeness (QED) is 0.208. The van der Waals surface area contributed by atoms with Crippen molar-refractivity contribution in [1.82, 2.24) is 14.8 Å². The number of aryl methyl sites for hydroxylation is 2. The van der Waals surface area contributed by atoms with Crippen LogP contribution < -0.4 is 15.0 Å². The molecule has 228 valence electrons. The van der Waals surface area contributed by atoms with Gasteiger partial charge in [0.1, 0.15) is 17.8 Å². The van der Waals surface area contributed by atoms with Crippen LogP contribution in [-0.4, -0.2) is 44.0 Å². The maximum absolute atomic E-state index is 13.0. The fraction of sp³-hybridized carbons (Fsp3) is 0.129. The number of thioether (sulfide) groups is 1. The van der Waals surface area contributed by atoms with Gasteiger partial charge in [-0.2, -0.15) is 4.99 Å². The number of aromatic nitrogens is 3. The lowest BCUT2D eigenvalue weighted by Gasteiger charge is -2.19. The van der Waals surface area contributed by atoms with E-state index >= 15 is 0 Å². The normalized spacial score (nSPS) is 14.3. The molecule has 0 aliphatic carbocycles. The first-order valence-electron chi connectivity index (χ1n) is 13.4. The van der Waals surface area contributed by atoms with Crippen LogP contribution >= 0.6 is 11.8 Å². The molecular formula is C31H23F3N6O4S. The summed E-state index contributed by atoms with van der Waals surface area (Å²) < 4.78 is 48.2. The van der Waals surface area contributed by atoms with Crippen LogP contribution in [0.3, 0.4) is 0 Å². The Bertz CT molecular complexity index is 1920. The van der Waals surface area contributed by atoms with E-state index in [0.29, 0.717) is 45.3 Å². The third kappa shape index (κ3) is 6.60. The molecule has 5 aromatic rings. The summed E-state index contributed by atoms with van der Waals surface area (Å²) in [5.74, 6) is 0.541. The third-order valence-electron chi connectivity index (χ3n) is 6.70. The van der Waals surface area contributed by atoms with Gasteiger partial charge >= 0.3 is 12.4 Å². The summed E-state index contributed by atoms with van der Waals surface area (Å²) in [5, 5.41) is 7.44. The number of nitrogens with zero attached hydrogens (tertiary/aromatic N) is 5. The van der Waals surface area contributed by atoms with Crippen molar-refractivity contribution in [3.8, 4) is 34.1 Å². The number of carbonyl (C=O) groups excluding carboxylic acids is 2. The van der Waals surface area contributed by atoms with Crippen LogP contribution in [0, 0.1) is 13.8 Å². The molecule has 3 amide bonds. The summed E-state index contributed by atoms with van der Waals surface area (Å²) >= 11 is 1.17. The van der Waals surface area contributed by atoms with E-state index in [1.54, 1.807) is 43.5 Å². The Morgan fingerprint density at radius 1 is 1.07 bits per heavy atom. The van der Waals surface area contributed by atoms with Crippen molar-refractivity contribution in [2.45, 2.75) is 20.2 Å². The van der Waals surface area contributed by atoms with E-state index in [9.17, 15) is 22.8 Å². The van der Waals surface area contributed by atoms with Gasteiger partial charge in [-0.05, 0) is 91.7 Å². The standard InChI is InChI=1S/C31H23F3N6O4S/c1-18-5-11-23(26-4-3-13-43-26)25(14-18)40-27(41)16-45-30(40)37-29(42)36-24-12-6-20(15-19(24)2)28-35-17-39(38-28)21-7-9-22(10-8-21)44-31(32,33)34/h3-15,17H,16H2,1-2H3,(H,36,42). The van der Waals surface area contributed by atoms with Crippen molar-refractivity contribution >= 4 is 40.2 Å². The van der Waals surface area contributed by atoms with Gasteiger partial charge in [-0.1, -0.05) is 17.8 Å². The molecule has 3 aromatic carbocycles. The fourth-order valence-corrected chi connectivity index (χ4v) is 5.50. The van der Waals surface area contributed by atoms with E-state index in [-0.39, 0.29) is 22.6 Å². The number of benzene rings is 3. The van der Waals surface area contributed by atoms with Crippen molar-refractivity contribution in [1.29, 1.82) is 0 Å². The molecule has 1 aliphatic rings. The van der Waals surface area contributed by atoms with Gasteiger partial charge < -0.3 is 14.5 Å². The summed E-state index contributed by atoms with van der Waals surface area (Å²) in [7, 11) is 0. The Morgan fingerprint density at radius 3 is 2.58 bits per heavy atom. The van der Waals surface area contributed by atoms with Crippen LogP contribution in [0.1, 0.15) is 11.1 Å². The SMILES string of the molecule is Cc1ccc(-c2ccco2)c(N2C(=O)CSC2=NC(=O)Nc2ccc(-c3ncn(-c4ccc(OC(F)(F)F)cc4)n3)cc2C)c1. The highest BCUT2D eigenvalue weighted by Crippen LogP contribution is 2.37. The molecule has 1 fully saturated rings. The number of amidine groups is 1. The predicted molar refractivity (Wildman–Crippen MR) is 163 cm³/mol. The Morgan fingerprint density at radius 2 is 1.87 bits per heavy atom. The molecule has 0 atom stereocenters. The Balaban J connectivity index is 1.18. The first-order chi connectivity index (χ1) is 21.5. The van der Waals surface area contributed by atoms with Crippen LogP contribution in [0.4, 0.5) is 29.3 Å². The van der Waals surface area contributed by atoms with E-state index in [4.69, 9.17) is 4.42 Å². The molecule has 0 saturated carbocycles. The van der Waals surface area contributed by atoms with Crippen LogP contribution in [0.15, 0.2) is 94.8 Å². The zero-order valence-corrected chi connectivity index (χ0v) is 24.5. The summed E-state index contributed by atoms with van der Waals surface area (Å²) in [6.07, 6.45) is -1.79. The second kappa shape index (κ2) is 12.0. The number of aliphatic imine (C=N–C) groups is 1. The molecule has 1 N–H and O–H groups in total. The second-order valence-electron chi connectivity index (χ2n) is 9.92. The van der Waals surface area contributed by atoms with Crippen molar-refractivity contribution in [3.63, 3.8) is 0 Å². The minimum Gasteiger partial charge on any atom is -0.464 e. The van der Waals surface area contributed by atoms with Gasteiger partial charge in [0.05, 0.1) is 23.4 Å². The highest BCUT2D eigenvalue weighted by Gasteiger charge is 2.33. The molecule has 0 unspecified atom stereocenters. The first-order valence-corrected chi connectivity index (χ1v) is 14.4. The van der Waals surface area contributed by atoms with E-state index in [1.165, 1.54) is 51.9 Å². The molecule has 0 spiro atoms. The molecule has 10 nitrogen and oxygen atoms in total. The molecule has 14 heteroatoms. The minimum atomic E-state index is -4.78. The van der Waals surface area contributed by atoms with E-state index < -0.39 is 12.4 Å². The van der Waals surface area contributed by atoms with Crippen LogP contribution in [0.25, 0.3) is 28.4 Å². The van der Waals surface area contributed by atoms with Crippen LogP contribution in [0.5, 0.6) is 5.75 Å². The molecule has 6 rings (SSSR count). The number of halogens is 3. The average Bonchev–Trinajstić information content (AvgIpc) is 3.76. The van der Waals surface area contributed by atoms with Gasteiger partial charge in [0.15, 0.2) is 11.0 Å². The number of furan rings is 1. The molecular weight excluding hydrogens is 609 g/mol. The number of anilines is 2. The first kappa shape index (κ1) is 29.7. The monoisotopic (exact) mass is 632 g/mol. The second-order valence-corrected chi connectivity index (χ2v) is 10.9. The van der Waals surface area contributed by atoms with Gasteiger partial charge in [0.25, 0.3) is 0 Å². The number of amides is 3. The highest BCUT2D eigenvalue weighted by molar-refractivity contribution is 8.15. The number of hydrogen-bond acceptors (Lipinski definition) is 7. The molecule has 0 radical (unpaired) electrons. The van der Waals surface area contributed by atoms with E-state index in [1.807, 2.05) is 25.1 Å². The number of urea groups is 1. The number of alkyl halides is 3. The molecule has 2 aromatic heterocycles. The van der Waals surface area contributed by atoms with Gasteiger partial charge in [-0.25, -0.2) is 14.5 Å². The molecule has 45 heavy (non-hydrogen) atoms. The lowest BCUT2D eigenvalue weighted by atomic mass is 10.1. The molecule has 1 saturated heterocycles. The lowest BCUT2D eigenvalue weighted by Crippen LogP contribution is -2.30. The third-order valence-corrected chi connectivity index (χ3v) is 7.62. The smallest absolute Gasteiger partial charge is 0.464 e. The van der Waals surface area contributed by atoms with E-state index in [2.05, 4.69) is 25.1 Å². The Labute approximate surface area is 258 Å². The summed E-state index contributed by atoms with van der Waals surface area (Å²) in [4.78, 5) is 35.9. The Hall–Kier alpha value is -5.37. The predicted octanol–water partition coefficient (Wildman–Crippen LogP) is 7.38. The zero-order chi connectivity index (χ0) is 31.7. The summed E-state index contributed by atoms with van der Waals surface area (Å²) in [6.45, 7) is 3.71. The molecule has 3 heterocycles. The van der Waals surface area contributed by atoms with Gasteiger partial charge in [0.2, 0.25) is 5.91 Å².